The van der Waals surface area contributed by atoms with Gasteiger partial charge in [-0.2, -0.15) is 0 Å². The molecule has 0 spiro atoms. The van der Waals surface area contributed by atoms with Crippen molar-refractivity contribution in [1.29, 1.82) is 0 Å². The molecular weight excluding hydrogens is 226 g/mol. The molecule has 0 radical (unpaired) electrons. The highest BCUT2D eigenvalue weighted by Crippen LogP contribution is 2.19. The van der Waals surface area contributed by atoms with Crippen molar-refractivity contribution in [3.63, 3.8) is 0 Å². The Morgan fingerprint density at radius 1 is 1.44 bits per heavy atom. The third-order valence-corrected chi connectivity index (χ3v) is 2.93. The minimum absolute atomic E-state index is 0.00328. The zero-order valence-corrected chi connectivity index (χ0v) is 9.67. The van der Waals surface area contributed by atoms with Crippen LogP contribution >= 0.6 is 11.6 Å². The second-order valence-corrected chi connectivity index (χ2v) is 4.11. The molecule has 0 bridgehead atoms. The minimum atomic E-state index is -0.149. The maximum Gasteiger partial charge on any atom is 0.235 e. The summed E-state index contributed by atoms with van der Waals surface area (Å²) in [6, 6.07) is 8.22. The number of hydrogen-bond donors (Lipinski definition) is 1. The van der Waals surface area contributed by atoms with Crippen molar-refractivity contribution in [3.8, 4) is 0 Å². The molecule has 1 aromatic rings. The van der Waals surface area contributed by atoms with Gasteiger partial charge in [-0.05, 0) is 11.1 Å². The van der Waals surface area contributed by atoms with Crippen LogP contribution in [0.15, 0.2) is 24.3 Å². The van der Waals surface area contributed by atoms with Gasteiger partial charge >= 0.3 is 0 Å². The van der Waals surface area contributed by atoms with Crippen molar-refractivity contribution in [2.24, 2.45) is 0 Å². The van der Waals surface area contributed by atoms with Crippen LogP contribution in [-0.4, -0.2) is 24.4 Å². The Bertz CT molecular complexity index is 381. The SMILES string of the molecule is O=C(CCl)NCC1Cc2ccccc2CO1. The van der Waals surface area contributed by atoms with Gasteiger partial charge in [0.25, 0.3) is 0 Å². The van der Waals surface area contributed by atoms with Crippen molar-refractivity contribution >= 4 is 17.5 Å². The third kappa shape index (κ3) is 2.74. The van der Waals surface area contributed by atoms with Gasteiger partial charge in [-0.1, -0.05) is 24.3 Å². The van der Waals surface area contributed by atoms with Gasteiger partial charge < -0.3 is 10.1 Å². The Balaban J connectivity index is 1.90. The minimum Gasteiger partial charge on any atom is -0.371 e. The highest BCUT2D eigenvalue weighted by molar-refractivity contribution is 6.27. The smallest absolute Gasteiger partial charge is 0.235 e. The highest BCUT2D eigenvalue weighted by Gasteiger charge is 2.18. The number of carbonyl (C=O) groups is 1. The van der Waals surface area contributed by atoms with E-state index >= 15 is 0 Å². The van der Waals surface area contributed by atoms with E-state index in [-0.39, 0.29) is 17.9 Å². The van der Waals surface area contributed by atoms with Crippen molar-refractivity contribution < 1.29 is 9.53 Å². The maximum atomic E-state index is 11.0. The Kier molecular flexibility index (Phi) is 3.80. The number of nitrogens with one attached hydrogen (secondary N) is 1. The first-order valence-electron chi connectivity index (χ1n) is 5.30. The summed E-state index contributed by atoms with van der Waals surface area (Å²) < 4.78 is 5.64. The molecule has 1 heterocycles. The number of amides is 1. The van der Waals surface area contributed by atoms with Gasteiger partial charge in [0.15, 0.2) is 0 Å². The Morgan fingerprint density at radius 2 is 2.19 bits per heavy atom. The fourth-order valence-corrected chi connectivity index (χ4v) is 1.91. The second-order valence-electron chi connectivity index (χ2n) is 3.84. The quantitative estimate of drug-likeness (QED) is 0.812. The molecule has 2 rings (SSSR count). The second kappa shape index (κ2) is 5.32. The molecule has 3 nitrogen and oxygen atoms in total. The van der Waals surface area contributed by atoms with Crippen LogP contribution in [0.5, 0.6) is 0 Å². The lowest BCUT2D eigenvalue weighted by Gasteiger charge is -2.25. The van der Waals surface area contributed by atoms with Gasteiger partial charge in [0, 0.05) is 13.0 Å². The van der Waals surface area contributed by atoms with E-state index in [0.717, 1.165) is 6.42 Å². The first-order chi connectivity index (χ1) is 7.79. The summed E-state index contributed by atoms with van der Waals surface area (Å²) in [5.74, 6) is -0.146. The lowest BCUT2D eigenvalue weighted by Crippen LogP contribution is -2.37. The van der Waals surface area contributed by atoms with Gasteiger partial charge in [0.05, 0.1) is 12.7 Å². The largest absolute Gasteiger partial charge is 0.371 e. The van der Waals surface area contributed by atoms with Crippen LogP contribution in [0, 0.1) is 0 Å². The lowest BCUT2D eigenvalue weighted by atomic mass is 9.99. The van der Waals surface area contributed by atoms with Crippen LogP contribution in [0.3, 0.4) is 0 Å². The zero-order valence-electron chi connectivity index (χ0n) is 8.91. The van der Waals surface area contributed by atoms with Crippen LogP contribution < -0.4 is 5.32 Å². The Labute approximate surface area is 99.7 Å². The average Bonchev–Trinajstić information content (AvgIpc) is 2.35. The molecular formula is C12H14ClNO2. The summed E-state index contributed by atoms with van der Waals surface area (Å²) >= 11 is 5.40. The molecule has 0 fully saturated rings. The highest BCUT2D eigenvalue weighted by atomic mass is 35.5. The summed E-state index contributed by atoms with van der Waals surface area (Å²) in [6.45, 7) is 1.15. The van der Waals surface area contributed by atoms with E-state index < -0.39 is 0 Å². The number of alkyl halides is 1. The summed E-state index contributed by atoms with van der Waals surface area (Å²) in [5.41, 5.74) is 2.54. The van der Waals surface area contributed by atoms with Crippen molar-refractivity contribution in [1.82, 2.24) is 5.32 Å². The molecule has 0 aliphatic carbocycles. The number of halogens is 1. The van der Waals surface area contributed by atoms with E-state index in [9.17, 15) is 4.79 Å². The number of carbonyl (C=O) groups excluding carboxylic acids is 1. The van der Waals surface area contributed by atoms with Crippen LogP contribution in [0.1, 0.15) is 11.1 Å². The Morgan fingerprint density at radius 3 is 2.94 bits per heavy atom. The van der Waals surface area contributed by atoms with Crippen LogP contribution in [0.4, 0.5) is 0 Å². The molecule has 4 heteroatoms. The normalized spacial score (nSPS) is 18.9. The molecule has 0 aromatic heterocycles. The number of benzene rings is 1. The van der Waals surface area contributed by atoms with Gasteiger partial charge in [-0.25, -0.2) is 0 Å². The monoisotopic (exact) mass is 239 g/mol. The summed E-state index contributed by atoms with van der Waals surface area (Å²) in [6.07, 6.45) is 0.903. The number of rotatable bonds is 3. The summed E-state index contributed by atoms with van der Waals surface area (Å²) in [4.78, 5) is 11.0. The first kappa shape index (κ1) is 11.4. The van der Waals surface area contributed by atoms with E-state index in [0.29, 0.717) is 13.2 Å². The molecule has 1 N–H and O–H groups in total. The van der Waals surface area contributed by atoms with Crippen LogP contribution in [-0.2, 0) is 22.6 Å². The number of ether oxygens (including phenoxy) is 1. The average molecular weight is 240 g/mol. The molecule has 0 saturated heterocycles. The molecule has 0 saturated carbocycles. The molecule has 1 aromatic carbocycles. The fraction of sp³-hybridized carbons (Fsp3) is 0.417. The van der Waals surface area contributed by atoms with Crippen molar-refractivity contribution in [2.45, 2.75) is 19.1 Å². The van der Waals surface area contributed by atoms with Gasteiger partial charge in [0.2, 0.25) is 5.91 Å². The molecule has 1 aliphatic rings. The molecule has 16 heavy (non-hydrogen) atoms. The summed E-state index contributed by atoms with van der Waals surface area (Å²) in [7, 11) is 0. The molecule has 1 amide bonds. The number of fused-ring (bicyclic) bond motifs is 1. The van der Waals surface area contributed by atoms with E-state index in [4.69, 9.17) is 16.3 Å². The standard InChI is InChI=1S/C12H14ClNO2/c13-6-12(15)14-7-11-5-9-3-1-2-4-10(9)8-16-11/h1-4,11H,5-8H2,(H,14,15). The van der Waals surface area contributed by atoms with Gasteiger partial charge in [-0.3, -0.25) is 4.79 Å². The fourth-order valence-electron chi connectivity index (χ4n) is 1.82. The van der Waals surface area contributed by atoms with Gasteiger partial charge in [0.1, 0.15) is 5.88 Å². The predicted molar refractivity (Wildman–Crippen MR) is 62.5 cm³/mol. The summed E-state index contributed by atoms with van der Waals surface area (Å²) in [5, 5.41) is 2.74. The molecule has 1 unspecified atom stereocenters. The molecule has 86 valence electrons. The Hall–Kier alpha value is -1.06. The van der Waals surface area contributed by atoms with Crippen LogP contribution in [0.2, 0.25) is 0 Å². The van der Waals surface area contributed by atoms with E-state index in [2.05, 4.69) is 17.4 Å². The topological polar surface area (TPSA) is 38.3 Å². The first-order valence-corrected chi connectivity index (χ1v) is 5.84. The van der Waals surface area contributed by atoms with Crippen molar-refractivity contribution in [2.75, 3.05) is 12.4 Å². The van der Waals surface area contributed by atoms with Crippen LogP contribution in [0.25, 0.3) is 0 Å². The van der Waals surface area contributed by atoms with Gasteiger partial charge in [-0.15, -0.1) is 11.6 Å². The third-order valence-electron chi connectivity index (χ3n) is 2.69. The molecule has 1 aliphatic heterocycles. The number of hydrogen-bond acceptors (Lipinski definition) is 2. The lowest BCUT2D eigenvalue weighted by molar-refractivity contribution is -0.119. The van der Waals surface area contributed by atoms with E-state index in [1.807, 2.05) is 12.1 Å². The van der Waals surface area contributed by atoms with E-state index in [1.54, 1.807) is 0 Å². The van der Waals surface area contributed by atoms with Crippen molar-refractivity contribution in [3.05, 3.63) is 35.4 Å². The predicted octanol–water partition coefficient (Wildman–Crippen LogP) is 1.48. The zero-order chi connectivity index (χ0) is 11.4. The van der Waals surface area contributed by atoms with E-state index in [1.165, 1.54) is 11.1 Å². The maximum absolute atomic E-state index is 11.0. The molecule has 1 atom stereocenters.